The average Bonchev–Trinajstić information content (AvgIpc) is 3.43. The summed E-state index contributed by atoms with van der Waals surface area (Å²) in [6.07, 6.45) is 29.9. The fourth-order valence-electron chi connectivity index (χ4n) is 11.7. The van der Waals surface area contributed by atoms with Gasteiger partial charge in [0, 0.05) is 12.8 Å². The minimum atomic E-state index is -0.598. The summed E-state index contributed by atoms with van der Waals surface area (Å²) in [5, 5.41) is 20.6. The third-order valence-corrected chi connectivity index (χ3v) is 14.7. The number of carbonyl (C=O) groups is 1. The molecule has 0 aromatic carbocycles. The summed E-state index contributed by atoms with van der Waals surface area (Å²) in [4.78, 5) is 12.8. The number of ether oxygens (including phenoxy) is 1. The zero-order valence-electron chi connectivity index (χ0n) is 33.2. The maximum atomic E-state index is 12.8. The lowest BCUT2D eigenvalue weighted by Gasteiger charge is -2.58. The third kappa shape index (κ3) is 11.1. The van der Waals surface area contributed by atoms with Gasteiger partial charge in [-0.25, -0.2) is 0 Å². The van der Waals surface area contributed by atoms with Crippen LogP contribution >= 0.6 is 0 Å². The highest BCUT2D eigenvalue weighted by Gasteiger charge is 2.59. The molecule has 0 spiro atoms. The number of esters is 1. The molecule has 0 amide bonds. The Kier molecular flexibility index (Phi) is 16.5. The topological polar surface area (TPSA) is 66.8 Å². The number of fused-ring (bicyclic) bond motifs is 5. The van der Waals surface area contributed by atoms with E-state index >= 15 is 0 Å². The van der Waals surface area contributed by atoms with Crippen LogP contribution in [0.5, 0.6) is 0 Å². The number of unbranched alkanes of at least 4 members (excludes halogenated alkanes) is 9. The van der Waals surface area contributed by atoms with Gasteiger partial charge in [-0.1, -0.05) is 137 Å². The molecule has 2 N–H and O–H groups in total. The van der Waals surface area contributed by atoms with Crippen LogP contribution in [0.3, 0.4) is 0 Å². The Labute approximate surface area is 303 Å². The maximum absolute atomic E-state index is 12.8. The first-order chi connectivity index (χ1) is 23.5. The minimum Gasteiger partial charge on any atom is -0.462 e. The second-order valence-corrected chi connectivity index (χ2v) is 18.6. The number of aliphatic hydroxyl groups excluding tert-OH is 2. The standard InChI is InChI=1S/C45H80O4/c1-7-8-9-10-12-15-21-41(46)42(47)22-16-13-11-14-17-23-43(48)49-36-28-30-44(5)35(32-36)24-25-37-39-27-26-38(34(4)20-18-19-33(2)3)45(39,6)31-29-40(37)44/h24,33-34,36-42,46-47H,7-23,25-32H2,1-6H3/t34?,36-,37?,38+,39-,40-,41?,42?,44-,45+/m0/s1. The molecule has 4 nitrogen and oxygen atoms in total. The summed E-state index contributed by atoms with van der Waals surface area (Å²) in [5.74, 6) is 5.12. The Hall–Kier alpha value is -0.870. The van der Waals surface area contributed by atoms with Crippen molar-refractivity contribution >= 4 is 5.97 Å². The van der Waals surface area contributed by atoms with Crippen LogP contribution in [0.25, 0.3) is 0 Å². The molecule has 0 aromatic heterocycles. The maximum Gasteiger partial charge on any atom is 0.306 e. The molecule has 0 bridgehead atoms. The molecular weight excluding hydrogens is 604 g/mol. The first kappa shape index (κ1) is 40.9. The number of hydrogen-bond acceptors (Lipinski definition) is 4. The molecule has 284 valence electrons. The van der Waals surface area contributed by atoms with Crippen molar-refractivity contribution in [3.63, 3.8) is 0 Å². The van der Waals surface area contributed by atoms with Gasteiger partial charge in [0.15, 0.2) is 0 Å². The molecule has 4 heteroatoms. The molecule has 3 fully saturated rings. The summed E-state index contributed by atoms with van der Waals surface area (Å²) >= 11 is 0. The van der Waals surface area contributed by atoms with Gasteiger partial charge in [-0.3, -0.25) is 4.79 Å². The van der Waals surface area contributed by atoms with E-state index < -0.39 is 12.2 Å². The Morgan fingerprint density at radius 3 is 2.10 bits per heavy atom. The van der Waals surface area contributed by atoms with Crippen molar-refractivity contribution in [1.29, 1.82) is 0 Å². The van der Waals surface area contributed by atoms with Crippen molar-refractivity contribution < 1.29 is 19.7 Å². The van der Waals surface area contributed by atoms with Crippen LogP contribution in [0, 0.1) is 46.3 Å². The fraction of sp³-hybridized carbons (Fsp3) is 0.933. The van der Waals surface area contributed by atoms with Gasteiger partial charge in [-0.05, 0) is 111 Å². The SMILES string of the molecule is CCCCCCCCC(O)C(O)CCCCCCCC(=O)O[C@H]1CC[C@@]2(C)C(=CCC3[C@@H]4CC[C@H](C(C)CCCC(C)C)[C@@]4(C)CC[C@@H]32)C1. The molecular formula is C45H80O4. The van der Waals surface area contributed by atoms with Gasteiger partial charge in [0.2, 0.25) is 0 Å². The Bertz CT molecular complexity index is 1000. The Balaban J connectivity index is 1.12. The fourth-order valence-corrected chi connectivity index (χ4v) is 11.7. The van der Waals surface area contributed by atoms with E-state index in [0.717, 1.165) is 93.3 Å². The molecule has 4 rings (SSSR count). The van der Waals surface area contributed by atoms with Crippen molar-refractivity contribution in [3.8, 4) is 0 Å². The summed E-state index contributed by atoms with van der Waals surface area (Å²) in [5.41, 5.74) is 2.44. The van der Waals surface area contributed by atoms with Crippen molar-refractivity contribution in [2.75, 3.05) is 0 Å². The largest absolute Gasteiger partial charge is 0.462 e. The number of carbonyl (C=O) groups excluding carboxylic acids is 1. The normalized spacial score (nSPS) is 32.9. The second kappa shape index (κ2) is 19.8. The predicted octanol–water partition coefficient (Wildman–Crippen LogP) is 12.1. The molecule has 0 heterocycles. The quantitative estimate of drug-likeness (QED) is 0.0676. The number of aliphatic hydroxyl groups is 2. The van der Waals surface area contributed by atoms with Crippen LogP contribution in [0.15, 0.2) is 11.6 Å². The number of rotatable bonds is 22. The van der Waals surface area contributed by atoms with Crippen molar-refractivity contribution in [2.45, 2.75) is 220 Å². The van der Waals surface area contributed by atoms with Crippen LogP contribution in [-0.2, 0) is 9.53 Å². The van der Waals surface area contributed by atoms with E-state index in [1.165, 1.54) is 83.5 Å². The van der Waals surface area contributed by atoms with E-state index in [2.05, 4.69) is 47.6 Å². The molecule has 4 aliphatic carbocycles. The summed E-state index contributed by atoms with van der Waals surface area (Å²) < 4.78 is 6.10. The molecule has 4 unspecified atom stereocenters. The van der Waals surface area contributed by atoms with E-state index in [9.17, 15) is 15.0 Å². The van der Waals surface area contributed by atoms with E-state index in [1.807, 2.05) is 0 Å². The van der Waals surface area contributed by atoms with Gasteiger partial charge in [-0.15, -0.1) is 0 Å². The number of allylic oxidation sites excluding steroid dienone is 1. The third-order valence-electron chi connectivity index (χ3n) is 14.7. The zero-order chi connectivity index (χ0) is 35.4. The first-order valence-corrected chi connectivity index (χ1v) is 21.7. The van der Waals surface area contributed by atoms with E-state index in [1.54, 1.807) is 5.57 Å². The Morgan fingerprint density at radius 1 is 0.776 bits per heavy atom. The minimum absolute atomic E-state index is 0.0101. The van der Waals surface area contributed by atoms with Crippen LogP contribution in [-0.4, -0.2) is 34.5 Å². The molecule has 10 atom stereocenters. The van der Waals surface area contributed by atoms with E-state index in [0.29, 0.717) is 30.1 Å². The zero-order valence-corrected chi connectivity index (χ0v) is 33.2. The summed E-state index contributed by atoms with van der Waals surface area (Å²) in [6.45, 7) is 14.8. The second-order valence-electron chi connectivity index (χ2n) is 18.6. The Morgan fingerprint density at radius 2 is 1.43 bits per heavy atom. The molecule has 4 aliphatic rings. The molecule has 3 saturated carbocycles. The summed E-state index contributed by atoms with van der Waals surface area (Å²) in [6, 6.07) is 0. The monoisotopic (exact) mass is 685 g/mol. The van der Waals surface area contributed by atoms with Crippen molar-refractivity contribution in [1.82, 2.24) is 0 Å². The van der Waals surface area contributed by atoms with E-state index in [-0.39, 0.29) is 12.1 Å². The van der Waals surface area contributed by atoms with Gasteiger partial charge < -0.3 is 14.9 Å². The smallest absolute Gasteiger partial charge is 0.306 e. The molecule has 0 aliphatic heterocycles. The highest BCUT2D eigenvalue weighted by Crippen LogP contribution is 2.67. The lowest BCUT2D eigenvalue weighted by molar-refractivity contribution is -0.151. The lowest BCUT2D eigenvalue weighted by Crippen LogP contribution is -2.51. The van der Waals surface area contributed by atoms with Crippen LogP contribution in [0.1, 0.15) is 202 Å². The molecule has 0 radical (unpaired) electrons. The molecule has 49 heavy (non-hydrogen) atoms. The highest BCUT2D eigenvalue weighted by atomic mass is 16.5. The van der Waals surface area contributed by atoms with E-state index in [4.69, 9.17) is 4.74 Å². The summed E-state index contributed by atoms with van der Waals surface area (Å²) in [7, 11) is 0. The van der Waals surface area contributed by atoms with Gasteiger partial charge in [-0.2, -0.15) is 0 Å². The van der Waals surface area contributed by atoms with Gasteiger partial charge in [0.1, 0.15) is 6.10 Å². The van der Waals surface area contributed by atoms with Crippen LogP contribution < -0.4 is 0 Å². The first-order valence-electron chi connectivity index (χ1n) is 21.7. The van der Waals surface area contributed by atoms with Crippen molar-refractivity contribution in [3.05, 3.63) is 11.6 Å². The van der Waals surface area contributed by atoms with Gasteiger partial charge in [0.05, 0.1) is 12.2 Å². The number of hydrogen-bond donors (Lipinski definition) is 2. The highest BCUT2D eigenvalue weighted by molar-refractivity contribution is 5.69. The van der Waals surface area contributed by atoms with Gasteiger partial charge in [0.25, 0.3) is 0 Å². The predicted molar refractivity (Wildman–Crippen MR) is 205 cm³/mol. The lowest BCUT2D eigenvalue weighted by atomic mass is 9.47. The van der Waals surface area contributed by atoms with Crippen LogP contribution in [0.2, 0.25) is 0 Å². The van der Waals surface area contributed by atoms with Gasteiger partial charge >= 0.3 is 5.97 Å². The average molecular weight is 685 g/mol. The molecule has 0 aromatic rings. The van der Waals surface area contributed by atoms with Crippen molar-refractivity contribution in [2.24, 2.45) is 46.3 Å². The molecule has 0 saturated heterocycles. The van der Waals surface area contributed by atoms with Crippen LogP contribution in [0.4, 0.5) is 0 Å².